The van der Waals surface area contributed by atoms with E-state index >= 15 is 0 Å². The van der Waals surface area contributed by atoms with Crippen molar-refractivity contribution >= 4 is 16.9 Å². The number of fused-ring (bicyclic) bond motifs is 2. The zero-order valence-electron chi connectivity index (χ0n) is 17.0. The zero-order chi connectivity index (χ0) is 19.1. The number of pyridine rings is 1. The van der Waals surface area contributed by atoms with Crippen LogP contribution in [-0.2, 0) is 0 Å². The second-order valence-electron chi connectivity index (χ2n) is 8.61. The third kappa shape index (κ3) is 3.35. The van der Waals surface area contributed by atoms with Crippen molar-refractivity contribution < 1.29 is 4.79 Å². The molecular formula is C21H31N5O. The Kier molecular flexibility index (Phi) is 4.93. The molecule has 2 aromatic heterocycles. The number of hydrogen-bond acceptors (Lipinski definition) is 4. The fraction of sp³-hybridized carbons (Fsp3) is 0.667. The van der Waals surface area contributed by atoms with Gasteiger partial charge in [0, 0.05) is 37.4 Å². The molecule has 4 rings (SSSR count). The summed E-state index contributed by atoms with van der Waals surface area (Å²) < 4.78 is 1.93. The maximum absolute atomic E-state index is 13.5. The monoisotopic (exact) mass is 369 g/mol. The topological polar surface area (TPSA) is 54.3 Å². The molecule has 2 saturated heterocycles. The maximum Gasteiger partial charge on any atom is 0.254 e. The summed E-state index contributed by atoms with van der Waals surface area (Å²) in [7, 11) is 0. The van der Waals surface area contributed by atoms with Gasteiger partial charge in [0.25, 0.3) is 5.91 Å². The first kappa shape index (κ1) is 18.4. The van der Waals surface area contributed by atoms with E-state index in [1.807, 2.05) is 16.9 Å². The van der Waals surface area contributed by atoms with Gasteiger partial charge in [-0.2, -0.15) is 5.10 Å². The van der Waals surface area contributed by atoms with Gasteiger partial charge >= 0.3 is 0 Å². The molecule has 2 fully saturated rings. The standard InChI is InChI=1S/C21H31N5O/c1-14(2)19-11-17(18-12-22-26(15(3)4)20(18)23-19)21(27)25-10-9-24-8-6-5-7-16(24)13-25/h11-12,14-16H,5-10,13H2,1-4H3. The highest BCUT2D eigenvalue weighted by Crippen LogP contribution is 2.27. The Labute approximate surface area is 161 Å². The van der Waals surface area contributed by atoms with Gasteiger partial charge in [-0.3, -0.25) is 9.69 Å². The van der Waals surface area contributed by atoms with E-state index in [1.54, 1.807) is 0 Å². The minimum atomic E-state index is 0.137. The number of carbonyl (C=O) groups is 1. The number of amides is 1. The number of nitrogens with zero attached hydrogens (tertiary/aromatic N) is 5. The predicted octanol–water partition coefficient (Wildman–Crippen LogP) is 3.45. The molecular weight excluding hydrogens is 338 g/mol. The molecule has 4 heterocycles. The smallest absolute Gasteiger partial charge is 0.254 e. The van der Waals surface area contributed by atoms with Crippen LogP contribution in [0.5, 0.6) is 0 Å². The minimum Gasteiger partial charge on any atom is -0.336 e. The van der Waals surface area contributed by atoms with Crippen molar-refractivity contribution in [2.75, 3.05) is 26.2 Å². The Morgan fingerprint density at radius 2 is 1.96 bits per heavy atom. The fourth-order valence-corrected chi connectivity index (χ4v) is 4.40. The van der Waals surface area contributed by atoms with Crippen LogP contribution in [0.15, 0.2) is 12.3 Å². The van der Waals surface area contributed by atoms with Crippen molar-refractivity contribution in [3.63, 3.8) is 0 Å². The zero-order valence-corrected chi connectivity index (χ0v) is 17.0. The maximum atomic E-state index is 13.5. The van der Waals surface area contributed by atoms with E-state index < -0.39 is 0 Å². The van der Waals surface area contributed by atoms with Crippen LogP contribution in [0.2, 0.25) is 0 Å². The van der Waals surface area contributed by atoms with Crippen LogP contribution in [0, 0.1) is 0 Å². The van der Waals surface area contributed by atoms with Crippen LogP contribution < -0.4 is 0 Å². The van der Waals surface area contributed by atoms with E-state index in [-0.39, 0.29) is 17.9 Å². The lowest BCUT2D eigenvalue weighted by Gasteiger charge is -2.44. The van der Waals surface area contributed by atoms with Crippen LogP contribution in [0.4, 0.5) is 0 Å². The SMILES string of the molecule is CC(C)c1cc(C(=O)N2CCN3CCCCC3C2)c2cnn(C(C)C)c2n1. The first-order valence-electron chi connectivity index (χ1n) is 10.4. The summed E-state index contributed by atoms with van der Waals surface area (Å²) in [4.78, 5) is 22.9. The predicted molar refractivity (Wildman–Crippen MR) is 107 cm³/mol. The summed E-state index contributed by atoms with van der Waals surface area (Å²) in [5, 5.41) is 5.40. The molecule has 0 aliphatic carbocycles. The summed E-state index contributed by atoms with van der Waals surface area (Å²) in [5.74, 6) is 0.407. The van der Waals surface area contributed by atoms with E-state index in [9.17, 15) is 4.79 Å². The van der Waals surface area contributed by atoms with Crippen LogP contribution >= 0.6 is 0 Å². The molecule has 0 spiro atoms. The molecule has 0 saturated carbocycles. The third-order valence-corrected chi connectivity index (χ3v) is 6.02. The fourth-order valence-electron chi connectivity index (χ4n) is 4.40. The number of aromatic nitrogens is 3. The van der Waals surface area contributed by atoms with Crippen molar-refractivity contribution in [2.45, 2.75) is 65.0 Å². The molecule has 1 atom stereocenters. The van der Waals surface area contributed by atoms with Gasteiger partial charge in [-0.1, -0.05) is 20.3 Å². The first-order chi connectivity index (χ1) is 13.0. The molecule has 2 aliphatic rings. The molecule has 1 amide bonds. The van der Waals surface area contributed by atoms with Crippen LogP contribution in [-0.4, -0.2) is 62.7 Å². The molecule has 2 aliphatic heterocycles. The molecule has 146 valence electrons. The molecule has 6 nitrogen and oxygen atoms in total. The number of hydrogen-bond donors (Lipinski definition) is 0. The van der Waals surface area contributed by atoms with Crippen LogP contribution in [0.3, 0.4) is 0 Å². The summed E-state index contributed by atoms with van der Waals surface area (Å²) in [6.45, 7) is 12.3. The molecule has 6 heteroatoms. The summed E-state index contributed by atoms with van der Waals surface area (Å²) in [6, 6.07) is 2.73. The normalized spacial score (nSPS) is 21.3. The number of piperazine rings is 1. The van der Waals surface area contributed by atoms with Gasteiger partial charge in [0.2, 0.25) is 0 Å². The van der Waals surface area contributed by atoms with Gasteiger partial charge in [0.1, 0.15) is 0 Å². The van der Waals surface area contributed by atoms with Crippen molar-refractivity contribution in [1.29, 1.82) is 0 Å². The van der Waals surface area contributed by atoms with Crippen molar-refractivity contribution in [1.82, 2.24) is 24.6 Å². The van der Waals surface area contributed by atoms with Crippen LogP contribution in [0.1, 0.15) is 75.0 Å². The van der Waals surface area contributed by atoms with Gasteiger partial charge in [0.15, 0.2) is 5.65 Å². The van der Waals surface area contributed by atoms with Crippen molar-refractivity contribution in [2.24, 2.45) is 0 Å². The largest absolute Gasteiger partial charge is 0.336 e. The summed E-state index contributed by atoms with van der Waals surface area (Å²) >= 11 is 0. The van der Waals surface area contributed by atoms with E-state index in [4.69, 9.17) is 4.98 Å². The molecule has 27 heavy (non-hydrogen) atoms. The number of piperidine rings is 1. The lowest BCUT2D eigenvalue weighted by molar-refractivity contribution is 0.0374. The van der Waals surface area contributed by atoms with Gasteiger partial charge in [-0.05, 0) is 45.2 Å². The van der Waals surface area contributed by atoms with Gasteiger partial charge in [-0.15, -0.1) is 0 Å². The first-order valence-corrected chi connectivity index (χ1v) is 10.4. The molecule has 0 N–H and O–H groups in total. The van der Waals surface area contributed by atoms with Crippen LogP contribution in [0.25, 0.3) is 11.0 Å². The number of carbonyl (C=O) groups excluding carboxylic acids is 1. The Balaban J connectivity index is 1.70. The van der Waals surface area contributed by atoms with Crippen molar-refractivity contribution in [3.8, 4) is 0 Å². The van der Waals surface area contributed by atoms with E-state index in [0.717, 1.165) is 41.9 Å². The molecule has 0 bridgehead atoms. The lowest BCUT2D eigenvalue weighted by atomic mass is 9.98. The number of rotatable bonds is 3. The van der Waals surface area contributed by atoms with E-state index in [1.165, 1.54) is 25.8 Å². The average molecular weight is 370 g/mol. The van der Waals surface area contributed by atoms with Gasteiger partial charge < -0.3 is 4.90 Å². The highest BCUT2D eigenvalue weighted by Gasteiger charge is 2.32. The third-order valence-electron chi connectivity index (χ3n) is 6.02. The second kappa shape index (κ2) is 7.23. The molecule has 0 radical (unpaired) electrons. The van der Waals surface area contributed by atoms with E-state index in [0.29, 0.717) is 6.04 Å². The molecule has 1 unspecified atom stereocenters. The lowest BCUT2D eigenvalue weighted by Crippen LogP contribution is -2.56. The van der Waals surface area contributed by atoms with Crippen molar-refractivity contribution in [3.05, 3.63) is 23.5 Å². The average Bonchev–Trinajstić information content (AvgIpc) is 3.10. The summed E-state index contributed by atoms with van der Waals surface area (Å²) in [6.07, 6.45) is 5.59. The Hall–Kier alpha value is -1.95. The quantitative estimate of drug-likeness (QED) is 0.832. The Morgan fingerprint density at radius 3 is 2.70 bits per heavy atom. The van der Waals surface area contributed by atoms with Gasteiger partial charge in [-0.25, -0.2) is 9.67 Å². The molecule has 0 aromatic carbocycles. The second-order valence-corrected chi connectivity index (χ2v) is 8.61. The summed E-state index contributed by atoms with van der Waals surface area (Å²) in [5.41, 5.74) is 2.56. The Bertz CT molecular complexity index is 840. The van der Waals surface area contributed by atoms with Gasteiger partial charge in [0.05, 0.1) is 17.1 Å². The Morgan fingerprint density at radius 1 is 1.15 bits per heavy atom. The highest BCUT2D eigenvalue weighted by molar-refractivity contribution is 6.05. The highest BCUT2D eigenvalue weighted by atomic mass is 16.2. The van der Waals surface area contributed by atoms with E-state index in [2.05, 4.69) is 42.6 Å². The molecule has 2 aromatic rings. The minimum absolute atomic E-state index is 0.137.